The highest BCUT2D eigenvalue weighted by Crippen LogP contribution is 2.08. The molecular formula is C15H14N2O3S. The molecule has 5 nitrogen and oxygen atoms in total. The molecule has 0 bridgehead atoms. The minimum atomic E-state index is -0.386. The first kappa shape index (κ1) is 14.9. The fraction of sp³-hybridized carbons (Fsp3) is 0.133. The zero-order valence-corrected chi connectivity index (χ0v) is 12.2. The SMILES string of the molecule is COC(=O)c1ccc(/C=N\NC(=O)Cc2cccs2)cc1. The van der Waals surface area contributed by atoms with Gasteiger partial charge >= 0.3 is 5.97 Å². The van der Waals surface area contributed by atoms with Gasteiger partial charge in [0.25, 0.3) is 0 Å². The lowest BCUT2D eigenvalue weighted by Crippen LogP contribution is -2.19. The molecule has 21 heavy (non-hydrogen) atoms. The summed E-state index contributed by atoms with van der Waals surface area (Å²) < 4.78 is 4.61. The number of esters is 1. The number of ether oxygens (including phenoxy) is 1. The van der Waals surface area contributed by atoms with E-state index in [9.17, 15) is 9.59 Å². The number of carbonyl (C=O) groups is 2. The molecule has 1 aromatic heterocycles. The van der Waals surface area contributed by atoms with E-state index in [4.69, 9.17) is 0 Å². The maximum atomic E-state index is 11.6. The molecule has 0 aliphatic rings. The van der Waals surface area contributed by atoms with Crippen LogP contribution < -0.4 is 5.43 Å². The largest absolute Gasteiger partial charge is 0.465 e. The van der Waals surface area contributed by atoms with Crippen LogP contribution in [0.2, 0.25) is 0 Å². The minimum Gasteiger partial charge on any atom is -0.465 e. The molecule has 0 radical (unpaired) electrons. The number of hydrogen-bond acceptors (Lipinski definition) is 5. The molecule has 0 aliphatic carbocycles. The van der Waals surface area contributed by atoms with E-state index in [0.29, 0.717) is 12.0 Å². The van der Waals surface area contributed by atoms with Gasteiger partial charge in [0.15, 0.2) is 0 Å². The number of benzene rings is 1. The second-order valence-corrected chi connectivity index (χ2v) is 5.20. The number of methoxy groups -OCH3 is 1. The molecule has 1 aromatic carbocycles. The van der Waals surface area contributed by atoms with Gasteiger partial charge < -0.3 is 4.74 Å². The lowest BCUT2D eigenvalue weighted by Gasteiger charge is -1.99. The van der Waals surface area contributed by atoms with Crippen LogP contribution in [-0.4, -0.2) is 25.2 Å². The van der Waals surface area contributed by atoms with Gasteiger partial charge in [-0.15, -0.1) is 11.3 Å². The van der Waals surface area contributed by atoms with Gasteiger partial charge in [-0.05, 0) is 29.1 Å². The number of nitrogens with one attached hydrogen (secondary N) is 1. The molecule has 1 amide bonds. The normalized spacial score (nSPS) is 10.5. The van der Waals surface area contributed by atoms with E-state index in [2.05, 4.69) is 15.3 Å². The van der Waals surface area contributed by atoms with E-state index in [-0.39, 0.29) is 11.9 Å². The van der Waals surface area contributed by atoms with E-state index in [0.717, 1.165) is 10.4 Å². The maximum absolute atomic E-state index is 11.6. The maximum Gasteiger partial charge on any atom is 0.337 e. The smallest absolute Gasteiger partial charge is 0.337 e. The van der Waals surface area contributed by atoms with Crippen molar-refractivity contribution in [1.82, 2.24) is 5.43 Å². The quantitative estimate of drug-likeness (QED) is 0.523. The summed E-state index contributed by atoms with van der Waals surface area (Å²) in [7, 11) is 1.33. The Hall–Kier alpha value is -2.47. The predicted molar refractivity (Wildman–Crippen MR) is 81.5 cm³/mol. The summed E-state index contributed by atoms with van der Waals surface area (Å²) in [4.78, 5) is 23.9. The molecule has 0 fully saturated rings. The van der Waals surface area contributed by atoms with Crippen molar-refractivity contribution in [2.45, 2.75) is 6.42 Å². The third kappa shape index (κ3) is 4.54. The molecule has 2 rings (SSSR count). The standard InChI is InChI=1S/C15H14N2O3S/c1-20-15(19)12-6-4-11(5-7-12)10-16-17-14(18)9-13-3-2-8-21-13/h2-8,10H,9H2,1H3,(H,17,18)/b16-10-. The Balaban J connectivity index is 1.86. The van der Waals surface area contributed by atoms with E-state index < -0.39 is 0 Å². The Labute approximate surface area is 126 Å². The molecule has 0 unspecified atom stereocenters. The Morgan fingerprint density at radius 3 is 2.67 bits per heavy atom. The van der Waals surface area contributed by atoms with Gasteiger partial charge in [0.1, 0.15) is 0 Å². The molecule has 0 saturated carbocycles. The van der Waals surface area contributed by atoms with Crippen LogP contribution in [0.15, 0.2) is 46.9 Å². The van der Waals surface area contributed by atoms with Crippen molar-refractivity contribution in [2.24, 2.45) is 5.10 Å². The van der Waals surface area contributed by atoms with E-state index >= 15 is 0 Å². The van der Waals surface area contributed by atoms with E-state index in [1.807, 2.05) is 17.5 Å². The highest BCUT2D eigenvalue weighted by atomic mass is 32.1. The van der Waals surface area contributed by atoms with Crippen molar-refractivity contribution < 1.29 is 14.3 Å². The Morgan fingerprint density at radius 1 is 1.29 bits per heavy atom. The van der Waals surface area contributed by atoms with E-state index in [1.54, 1.807) is 24.3 Å². The van der Waals surface area contributed by atoms with Crippen LogP contribution in [-0.2, 0) is 16.0 Å². The molecule has 1 heterocycles. The monoisotopic (exact) mass is 302 g/mol. The van der Waals surface area contributed by atoms with Gasteiger partial charge in [0.05, 0.1) is 25.3 Å². The van der Waals surface area contributed by atoms with Crippen LogP contribution in [0.25, 0.3) is 0 Å². The van der Waals surface area contributed by atoms with Gasteiger partial charge in [-0.2, -0.15) is 5.10 Å². The van der Waals surface area contributed by atoms with Crippen molar-refractivity contribution in [1.29, 1.82) is 0 Å². The van der Waals surface area contributed by atoms with Gasteiger partial charge in [-0.3, -0.25) is 4.79 Å². The summed E-state index contributed by atoms with van der Waals surface area (Å²) in [6.07, 6.45) is 1.84. The summed E-state index contributed by atoms with van der Waals surface area (Å²) >= 11 is 1.53. The molecule has 108 valence electrons. The van der Waals surface area contributed by atoms with Gasteiger partial charge in [-0.1, -0.05) is 18.2 Å². The lowest BCUT2D eigenvalue weighted by atomic mass is 10.1. The number of carbonyl (C=O) groups excluding carboxylic acids is 2. The molecule has 1 N–H and O–H groups in total. The second kappa shape index (κ2) is 7.35. The molecule has 0 aliphatic heterocycles. The fourth-order valence-corrected chi connectivity index (χ4v) is 2.32. The zero-order valence-electron chi connectivity index (χ0n) is 11.4. The Morgan fingerprint density at radius 2 is 2.05 bits per heavy atom. The van der Waals surface area contributed by atoms with Gasteiger partial charge in [-0.25, -0.2) is 10.2 Å². The summed E-state index contributed by atoms with van der Waals surface area (Å²) in [6, 6.07) is 10.5. The first-order valence-electron chi connectivity index (χ1n) is 6.21. The lowest BCUT2D eigenvalue weighted by molar-refractivity contribution is -0.120. The minimum absolute atomic E-state index is 0.167. The fourth-order valence-electron chi connectivity index (χ4n) is 1.61. The van der Waals surface area contributed by atoms with Crippen molar-refractivity contribution in [2.75, 3.05) is 7.11 Å². The first-order chi connectivity index (χ1) is 10.2. The van der Waals surface area contributed by atoms with Crippen LogP contribution in [0.3, 0.4) is 0 Å². The highest BCUT2D eigenvalue weighted by molar-refractivity contribution is 7.10. The van der Waals surface area contributed by atoms with Crippen molar-refractivity contribution >= 4 is 29.4 Å². The number of rotatable bonds is 5. The second-order valence-electron chi connectivity index (χ2n) is 4.16. The van der Waals surface area contributed by atoms with Gasteiger partial charge in [0.2, 0.25) is 5.91 Å². The number of hydrazone groups is 1. The van der Waals surface area contributed by atoms with Crippen LogP contribution in [0.1, 0.15) is 20.8 Å². The average Bonchev–Trinajstić information content (AvgIpc) is 3.00. The number of hydrogen-bond donors (Lipinski definition) is 1. The third-order valence-corrected chi connectivity index (χ3v) is 3.53. The number of thiophene rings is 1. The van der Waals surface area contributed by atoms with Crippen molar-refractivity contribution in [3.8, 4) is 0 Å². The molecule has 2 aromatic rings. The van der Waals surface area contributed by atoms with Crippen LogP contribution in [0.5, 0.6) is 0 Å². The molecule has 6 heteroatoms. The summed E-state index contributed by atoms with van der Waals surface area (Å²) in [6.45, 7) is 0. The molecule has 0 saturated heterocycles. The summed E-state index contributed by atoms with van der Waals surface area (Å²) in [5, 5.41) is 5.81. The zero-order chi connectivity index (χ0) is 15.1. The van der Waals surface area contributed by atoms with E-state index in [1.165, 1.54) is 24.7 Å². The van der Waals surface area contributed by atoms with Crippen molar-refractivity contribution in [3.05, 3.63) is 57.8 Å². The van der Waals surface area contributed by atoms with Crippen LogP contribution in [0, 0.1) is 0 Å². The topological polar surface area (TPSA) is 67.8 Å². The summed E-state index contributed by atoms with van der Waals surface area (Å²) in [5.74, 6) is -0.553. The summed E-state index contributed by atoms with van der Waals surface area (Å²) in [5.41, 5.74) is 3.71. The Bertz CT molecular complexity index is 633. The molecular weight excluding hydrogens is 288 g/mol. The van der Waals surface area contributed by atoms with Gasteiger partial charge in [0, 0.05) is 4.88 Å². The van der Waals surface area contributed by atoms with Crippen molar-refractivity contribution in [3.63, 3.8) is 0 Å². The number of amides is 1. The molecule has 0 atom stereocenters. The first-order valence-corrected chi connectivity index (χ1v) is 7.09. The third-order valence-electron chi connectivity index (χ3n) is 2.65. The van der Waals surface area contributed by atoms with Crippen LogP contribution in [0.4, 0.5) is 0 Å². The predicted octanol–water partition coefficient (Wildman–Crippen LogP) is 2.23. The average molecular weight is 302 g/mol. The van der Waals surface area contributed by atoms with Crippen LogP contribution >= 0.6 is 11.3 Å². The number of nitrogens with zero attached hydrogens (tertiary/aromatic N) is 1. The highest BCUT2D eigenvalue weighted by Gasteiger charge is 2.04. The molecule has 0 spiro atoms. The Kier molecular flexibility index (Phi) is 5.22.